The molecule has 2 N–H and O–H groups in total. The molecule has 4 nitrogen and oxygen atoms in total. The van der Waals surface area contributed by atoms with E-state index in [1.807, 2.05) is 6.07 Å². The smallest absolute Gasteiger partial charge is 0.307 e. The number of H-pyrrole nitrogens is 1. The van der Waals surface area contributed by atoms with E-state index in [0.717, 1.165) is 33.3 Å². The van der Waals surface area contributed by atoms with E-state index in [0.29, 0.717) is 10.8 Å². The Morgan fingerprint density at radius 1 is 1.19 bits per heavy atom. The molecule has 0 bridgehead atoms. The van der Waals surface area contributed by atoms with Crippen molar-refractivity contribution >= 4 is 28.5 Å². The van der Waals surface area contributed by atoms with Gasteiger partial charge in [0.1, 0.15) is 5.75 Å². The van der Waals surface area contributed by atoms with Crippen molar-refractivity contribution in [1.29, 1.82) is 0 Å². The maximum absolute atomic E-state index is 11.5. The van der Waals surface area contributed by atoms with Gasteiger partial charge >= 0.3 is 5.97 Å². The number of carboxylic acids is 1. The molecular weight excluding hydrogens is 350 g/mol. The summed E-state index contributed by atoms with van der Waals surface area (Å²) in [5.41, 5.74) is 4.24. The Kier molecular flexibility index (Phi) is 4.72. The fourth-order valence-corrected chi connectivity index (χ4v) is 3.33. The van der Waals surface area contributed by atoms with Gasteiger partial charge in [0.25, 0.3) is 0 Å². The van der Waals surface area contributed by atoms with Gasteiger partial charge < -0.3 is 14.8 Å². The minimum Gasteiger partial charge on any atom is -0.496 e. The zero-order valence-corrected chi connectivity index (χ0v) is 16.1. The zero-order chi connectivity index (χ0) is 19.1. The first-order valence-electron chi connectivity index (χ1n) is 8.41. The average molecular weight is 372 g/mol. The number of hydrogen-bond donors (Lipinski definition) is 2. The number of aliphatic carboxylic acids is 1. The molecule has 5 heteroatoms. The third kappa shape index (κ3) is 3.42. The van der Waals surface area contributed by atoms with Crippen LogP contribution in [-0.4, -0.2) is 23.2 Å². The highest BCUT2D eigenvalue weighted by Gasteiger charge is 2.21. The summed E-state index contributed by atoms with van der Waals surface area (Å²) in [5, 5.41) is 10.9. The Morgan fingerprint density at radius 3 is 2.54 bits per heavy atom. The van der Waals surface area contributed by atoms with Crippen molar-refractivity contribution in [2.75, 3.05) is 7.11 Å². The van der Waals surface area contributed by atoms with E-state index in [9.17, 15) is 9.90 Å². The van der Waals surface area contributed by atoms with Gasteiger partial charge in [0, 0.05) is 21.5 Å². The van der Waals surface area contributed by atoms with Crippen molar-refractivity contribution in [3.8, 4) is 17.0 Å². The number of rotatable bonds is 4. The van der Waals surface area contributed by atoms with Crippen molar-refractivity contribution < 1.29 is 14.6 Å². The molecule has 26 heavy (non-hydrogen) atoms. The van der Waals surface area contributed by atoms with E-state index in [-0.39, 0.29) is 11.8 Å². The summed E-state index contributed by atoms with van der Waals surface area (Å²) in [6, 6.07) is 11.5. The summed E-state index contributed by atoms with van der Waals surface area (Å²) >= 11 is 6.18. The number of ether oxygens (including phenoxy) is 1. The van der Waals surface area contributed by atoms with E-state index < -0.39 is 5.97 Å². The molecule has 2 aromatic carbocycles. The quantitative estimate of drug-likeness (QED) is 0.643. The van der Waals surface area contributed by atoms with Gasteiger partial charge in [-0.15, -0.1) is 0 Å². The standard InChI is InChI=1S/C21H22ClNO3/c1-21(2,3)12-5-7-17-14(9-12)15(11-19(24)25)20(23-17)16-10-13(22)6-8-18(16)26-4/h5-10,23H,11H2,1-4H3,(H,24,25). The van der Waals surface area contributed by atoms with E-state index in [4.69, 9.17) is 16.3 Å². The van der Waals surface area contributed by atoms with Crippen LogP contribution in [0.3, 0.4) is 0 Å². The van der Waals surface area contributed by atoms with Crippen LogP contribution in [0.1, 0.15) is 31.9 Å². The number of carbonyl (C=O) groups is 1. The van der Waals surface area contributed by atoms with Crippen LogP contribution in [-0.2, 0) is 16.6 Å². The second kappa shape index (κ2) is 6.69. The molecule has 0 aliphatic heterocycles. The van der Waals surface area contributed by atoms with Crippen molar-refractivity contribution in [3.05, 3.63) is 52.5 Å². The Bertz CT molecular complexity index is 983. The van der Waals surface area contributed by atoms with E-state index >= 15 is 0 Å². The van der Waals surface area contributed by atoms with Gasteiger partial charge in [-0.2, -0.15) is 0 Å². The molecule has 0 amide bonds. The third-order valence-corrected chi connectivity index (χ3v) is 4.77. The molecule has 0 fully saturated rings. The van der Waals surface area contributed by atoms with Crippen molar-refractivity contribution in [2.24, 2.45) is 0 Å². The van der Waals surface area contributed by atoms with Crippen molar-refractivity contribution in [1.82, 2.24) is 4.98 Å². The van der Waals surface area contributed by atoms with Crippen LogP contribution in [0.4, 0.5) is 0 Å². The summed E-state index contributed by atoms with van der Waals surface area (Å²) in [7, 11) is 1.59. The molecule has 136 valence electrons. The Labute approximate surface area is 157 Å². The summed E-state index contributed by atoms with van der Waals surface area (Å²) in [5.74, 6) is -0.238. The van der Waals surface area contributed by atoms with Gasteiger partial charge in [0.15, 0.2) is 0 Å². The summed E-state index contributed by atoms with van der Waals surface area (Å²) in [6.07, 6.45) is -0.0847. The number of benzene rings is 2. The molecule has 1 aromatic heterocycles. The van der Waals surface area contributed by atoms with E-state index in [2.05, 4.69) is 37.9 Å². The fraction of sp³-hybridized carbons (Fsp3) is 0.286. The molecule has 3 aromatic rings. The molecule has 0 spiro atoms. The number of nitrogens with one attached hydrogen (secondary N) is 1. The van der Waals surface area contributed by atoms with Crippen LogP contribution in [0.2, 0.25) is 5.02 Å². The first-order chi connectivity index (χ1) is 12.2. The SMILES string of the molecule is COc1ccc(Cl)cc1-c1[nH]c2ccc(C(C)(C)C)cc2c1CC(=O)O. The number of fused-ring (bicyclic) bond motifs is 1. The molecular formula is C21H22ClNO3. The maximum atomic E-state index is 11.5. The lowest BCUT2D eigenvalue weighted by atomic mass is 9.86. The first kappa shape index (κ1) is 18.3. The number of hydrogen-bond acceptors (Lipinski definition) is 2. The van der Waals surface area contributed by atoms with Crippen molar-refractivity contribution in [3.63, 3.8) is 0 Å². The van der Waals surface area contributed by atoms with E-state index in [1.54, 1.807) is 25.3 Å². The minimum atomic E-state index is -0.880. The predicted octanol–water partition coefficient (Wildman–Crippen LogP) is 5.42. The summed E-state index contributed by atoms with van der Waals surface area (Å²) in [6.45, 7) is 6.41. The third-order valence-electron chi connectivity index (χ3n) is 4.53. The van der Waals surface area contributed by atoms with Crippen LogP contribution >= 0.6 is 11.6 Å². The molecule has 0 unspecified atom stereocenters. The topological polar surface area (TPSA) is 62.3 Å². The minimum absolute atomic E-state index is 0.0279. The van der Waals surface area contributed by atoms with Crippen molar-refractivity contribution in [2.45, 2.75) is 32.6 Å². The Balaban J connectivity index is 2.32. The molecule has 1 heterocycles. The number of aromatic nitrogens is 1. The number of carboxylic acid groups (broad SMARTS) is 1. The van der Waals surface area contributed by atoms with Crippen LogP contribution in [0.15, 0.2) is 36.4 Å². The van der Waals surface area contributed by atoms with E-state index in [1.165, 1.54) is 0 Å². The average Bonchev–Trinajstić information content (AvgIpc) is 2.91. The maximum Gasteiger partial charge on any atom is 0.307 e. The molecule has 0 saturated heterocycles. The zero-order valence-electron chi connectivity index (χ0n) is 15.3. The van der Waals surface area contributed by atoms with Gasteiger partial charge in [-0.3, -0.25) is 4.79 Å². The summed E-state index contributed by atoms with van der Waals surface area (Å²) in [4.78, 5) is 14.9. The molecule has 0 aliphatic carbocycles. The number of aromatic amines is 1. The van der Waals surface area contributed by atoms with Gasteiger partial charge in [0.05, 0.1) is 19.2 Å². The Morgan fingerprint density at radius 2 is 1.92 bits per heavy atom. The van der Waals surface area contributed by atoms with Crippen LogP contribution in [0.25, 0.3) is 22.2 Å². The monoisotopic (exact) mass is 371 g/mol. The lowest BCUT2D eigenvalue weighted by Gasteiger charge is -2.19. The second-order valence-corrected chi connectivity index (χ2v) is 7.84. The highest BCUT2D eigenvalue weighted by Crippen LogP contribution is 2.38. The van der Waals surface area contributed by atoms with Crippen LogP contribution < -0.4 is 4.74 Å². The number of methoxy groups -OCH3 is 1. The highest BCUT2D eigenvalue weighted by molar-refractivity contribution is 6.31. The van der Waals surface area contributed by atoms with Crippen LogP contribution in [0.5, 0.6) is 5.75 Å². The lowest BCUT2D eigenvalue weighted by Crippen LogP contribution is -2.10. The molecule has 0 aliphatic rings. The summed E-state index contributed by atoms with van der Waals surface area (Å²) < 4.78 is 5.46. The molecule has 0 saturated carbocycles. The van der Waals surface area contributed by atoms with Gasteiger partial charge in [-0.25, -0.2) is 0 Å². The Hall–Kier alpha value is -2.46. The normalized spacial score (nSPS) is 11.7. The second-order valence-electron chi connectivity index (χ2n) is 7.40. The van der Waals surface area contributed by atoms with Gasteiger partial charge in [0.2, 0.25) is 0 Å². The number of halogens is 1. The molecule has 0 atom stereocenters. The molecule has 0 radical (unpaired) electrons. The highest BCUT2D eigenvalue weighted by atomic mass is 35.5. The van der Waals surface area contributed by atoms with Gasteiger partial charge in [-0.05, 0) is 46.9 Å². The lowest BCUT2D eigenvalue weighted by molar-refractivity contribution is -0.136. The van der Waals surface area contributed by atoms with Gasteiger partial charge in [-0.1, -0.05) is 38.4 Å². The first-order valence-corrected chi connectivity index (χ1v) is 8.79. The fourth-order valence-electron chi connectivity index (χ4n) is 3.15. The largest absolute Gasteiger partial charge is 0.496 e. The predicted molar refractivity (Wildman–Crippen MR) is 105 cm³/mol. The molecule has 3 rings (SSSR count). The van der Waals surface area contributed by atoms with Crippen LogP contribution in [0, 0.1) is 0 Å².